The van der Waals surface area contributed by atoms with Crippen LogP contribution in [0.5, 0.6) is 5.75 Å². The molecule has 146 valence electrons. The first-order valence-corrected chi connectivity index (χ1v) is 8.86. The molecule has 2 aromatic carbocycles. The fraction of sp³-hybridized carbons (Fsp3) is 0.300. The second kappa shape index (κ2) is 9.15. The number of nitrogens with zero attached hydrogens (tertiary/aromatic N) is 3. The van der Waals surface area contributed by atoms with Crippen molar-refractivity contribution in [1.82, 2.24) is 9.80 Å². The van der Waals surface area contributed by atoms with Gasteiger partial charge >= 0.3 is 12.6 Å². The predicted molar refractivity (Wildman–Crippen MR) is 100 cm³/mol. The number of carbonyl (C=O) groups is 1. The van der Waals surface area contributed by atoms with Crippen LogP contribution in [0.25, 0.3) is 0 Å². The molecule has 0 aliphatic carbocycles. The van der Waals surface area contributed by atoms with E-state index in [4.69, 9.17) is 5.26 Å². The summed E-state index contributed by atoms with van der Waals surface area (Å²) in [6.07, 6.45) is 0. The number of halogens is 2. The summed E-state index contributed by atoms with van der Waals surface area (Å²) in [4.78, 5) is 16.3. The Hall–Kier alpha value is -3.18. The van der Waals surface area contributed by atoms with Crippen LogP contribution in [0.2, 0.25) is 0 Å². The van der Waals surface area contributed by atoms with Gasteiger partial charge < -0.3 is 15.0 Å². The predicted octanol–water partition coefficient (Wildman–Crippen LogP) is 3.51. The number of nitrogens with one attached hydrogen (secondary N) is 1. The molecule has 0 radical (unpaired) electrons. The first-order chi connectivity index (χ1) is 13.5. The molecule has 6 nitrogen and oxygen atoms in total. The Kier molecular flexibility index (Phi) is 6.40. The van der Waals surface area contributed by atoms with Gasteiger partial charge in [0.05, 0.1) is 11.6 Å². The number of anilines is 1. The fourth-order valence-electron chi connectivity index (χ4n) is 3.00. The summed E-state index contributed by atoms with van der Waals surface area (Å²) in [5, 5.41) is 11.6. The molecule has 2 aromatic rings. The second-order valence-corrected chi connectivity index (χ2v) is 6.41. The van der Waals surface area contributed by atoms with Crippen molar-refractivity contribution in [3.05, 3.63) is 59.7 Å². The van der Waals surface area contributed by atoms with Crippen molar-refractivity contribution in [3.63, 3.8) is 0 Å². The van der Waals surface area contributed by atoms with Gasteiger partial charge in [-0.2, -0.15) is 14.0 Å². The average molecular weight is 386 g/mol. The summed E-state index contributed by atoms with van der Waals surface area (Å²) in [5.41, 5.74) is 2.16. The molecule has 1 aliphatic heterocycles. The molecule has 0 spiro atoms. The Labute approximate surface area is 161 Å². The van der Waals surface area contributed by atoms with Gasteiger partial charge in [0.1, 0.15) is 5.75 Å². The Morgan fingerprint density at radius 1 is 1.14 bits per heavy atom. The number of ether oxygens (including phenoxy) is 1. The van der Waals surface area contributed by atoms with E-state index in [1.807, 2.05) is 12.1 Å². The molecule has 0 atom stereocenters. The highest BCUT2D eigenvalue weighted by atomic mass is 19.3. The van der Waals surface area contributed by atoms with Crippen molar-refractivity contribution in [3.8, 4) is 11.8 Å². The van der Waals surface area contributed by atoms with E-state index in [2.05, 4.69) is 21.0 Å². The summed E-state index contributed by atoms with van der Waals surface area (Å²) in [6, 6.07) is 15.2. The molecule has 0 unspecified atom stereocenters. The second-order valence-electron chi connectivity index (χ2n) is 6.41. The number of rotatable bonds is 5. The molecule has 8 heteroatoms. The summed E-state index contributed by atoms with van der Waals surface area (Å²) in [6.45, 7) is 0.429. The van der Waals surface area contributed by atoms with Crippen molar-refractivity contribution in [2.45, 2.75) is 13.2 Å². The summed E-state index contributed by atoms with van der Waals surface area (Å²) in [7, 11) is 0. The lowest BCUT2D eigenvalue weighted by Gasteiger charge is -2.34. The quantitative estimate of drug-likeness (QED) is 0.854. The SMILES string of the molecule is N#Cc1ccc(CN2CCN(C(=O)Nc3cccc(OC(F)F)c3)CC2)cc1. The molecule has 1 heterocycles. The van der Waals surface area contributed by atoms with Gasteiger partial charge in [0.25, 0.3) is 0 Å². The average Bonchev–Trinajstić information content (AvgIpc) is 2.69. The van der Waals surface area contributed by atoms with Gasteiger partial charge in [-0.1, -0.05) is 18.2 Å². The first kappa shape index (κ1) is 19.6. The van der Waals surface area contributed by atoms with E-state index in [1.54, 1.807) is 29.2 Å². The molecule has 3 rings (SSSR count). The van der Waals surface area contributed by atoms with Crippen LogP contribution < -0.4 is 10.1 Å². The van der Waals surface area contributed by atoms with Gasteiger partial charge in [0, 0.05) is 44.5 Å². The number of amides is 2. The number of hydrogen-bond donors (Lipinski definition) is 1. The minimum Gasteiger partial charge on any atom is -0.435 e. The largest absolute Gasteiger partial charge is 0.435 e. The third-order valence-corrected chi connectivity index (χ3v) is 4.46. The normalized spacial score (nSPS) is 14.6. The maximum Gasteiger partial charge on any atom is 0.387 e. The number of nitriles is 1. The smallest absolute Gasteiger partial charge is 0.387 e. The molecule has 1 aliphatic rings. The molecule has 0 bridgehead atoms. The third-order valence-electron chi connectivity index (χ3n) is 4.46. The minimum atomic E-state index is -2.91. The Balaban J connectivity index is 1.49. The van der Waals surface area contributed by atoms with Crippen LogP contribution in [0.3, 0.4) is 0 Å². The van der Waals surface area contributed by atoms with Gasteiger partial charge in [0.2, 0.25) is 0 Å². The monoisotopic (exact) mass is 386 g/mol. The number of alkyl halides is 2. The zero-order chi connectivity index (χ0) is 19.9. The van der Waals surface area contributed by atoms with Gasteiger partial charge in [-0.05, 0) is 29.8 Å². The van der Waals surface area contributed by atoms with Crippen molar-refractivity contribution < 1.29 is 18.3 Å². The van der Waals surface area contributed by atoms with E-state index in [9.17, 15) is 13.6 Å². The van der Waals surface area contributed by atoms with Crippen LogP contribution >= 0.6 is 0 Å². The standard InChI is InChI=1S/C20H20F2N4O2/c21-19(22)28-18-3-1-2-17(12-18)24-20(27)26-10-8-25(9-11-26)14-16-6-4-15(13-23)5-7-16/h1-7,12,19H,8-11,14H2,(H,24,27). The number of hydrogen-bond acceptors (Lipinski definition) is 4. The number of piperazine rings is 1. The summed E-state index contributed by atoms with van der Waals surface area (Å²) >= 11 is 0. The van der Waals surface area contributed by atoms with Crippen molar-refractivity contribution in [2.24, 2.45) is 0 Å². The Morgan fingerprint density at radius 2 is 1.86 bits per heavy atom. The van der Waals surface area contributed by atoms with E-state index in [0.717, 1.165) is 25.2 Å². The third kappa shape index (κ3) is 5.41. The van der Waals surface area contributed by atoms with Crippen LogP contribution in [-0.4, -0.2) is 48.6 Å². The summed E-state index contributed by atoms with van der Waals surface area (Å²) in [5.74, 6) is 0.0000332. The summed E-state index contributed by atoms with van der Waals surface area (Å²) < 4.78 is 28.9. The highest BCUT2D eigenvalue weighted by molar-refractivity contribution is 5.89. The topological polar surface area (TPSA) is 68.6 Å². The molecule has 0 saturated carbocycles. The van der Waals surface area contributed by atoms with Crippen molar-refractivity contribution in [1.29, 1.82) is 5.26 Å². The molecular formula is C20H20F2N4O2. The molecule has 1 fully saturated rings. The molecule has 2 amide bonds. The van der Waals surface area contributed by atoms with Crippen LogP contribution in [0.15, 0.2) is 48.5 Å². The lowest BCUT2D eigenvalue weighted by Crippen LogP contribution is -2.49. The molecule has 1 saturated heterocycles. The Bertz CT molecular complexity index is 844. The minimum absolute atomic E-state index is 0.0000332. The molecular weight excluding hydrogens is 366 g/mol. The van der Waals surface area contributed by atoms with E-state index < -0.39 is 6.61 Å². The lowest BCUT2D eigenvalue weighted by atomic mass is 10.1. The maximum absolute atomic E-state index is 12.4. The van der Waals surface area contributed by atoms with Gasteiger partial charge in [-0.15, -0.1) is 0 Å². The molecule has 0 aromatic heterocycles. The lowest BCUT2D eigenvalue weighted by molar-refractivity contribution is -0.0497. The van der Waals surface area contributed by atoms with Crippen LogP contribution in [0, 0.1) is 11.3 Å². The van der Waals surface area contributed by atoms with Gasteiger partial charge in [-0.25, -0.2) is 4.79 Å². The highest BCUT2D eigenvalue weighted by Crippen LogP contribution is 2.20. The van der Waals surface area contributed by atoms with Crippen LogP contribution in [-0.2, 0) is 6.54 Å². The van der Waals surface area contributed by atoms with E-state index in [-0.39, 0.29) is 11.8 Å². The number of carbonyl (C=O) groups excluding carboxylic acids is 1. The number of urea groups is 1. The Morgan fingerprint density at radius 3 is 2.50 bits per heavy atom. The highest BCUT2D eigenvalue weighted by Gasteiger charge is 2.21. The number of benzene rings is 2. The van der Waals surface area contributed by atoms with Crippen molar-refractivity contribution >= 4 is 11.7 Å². The van der Waals surface area contributed by atoms with Gasteiger partial charge in [-0.3, -0.25) is 4.90 Å². The van der Waals surface area contributed by atoms with Gasteiger partial charge in [0.15, 0.2) is 0 Å². The van der Waals surface area contributed by atoms with Crippen LogP contribution in [0.4, 0.5) is 19.3 Å². The van der Waals surface area contributed by atoms with E-state index in [1.165, 1.54) is 12.1 Å². The fourth-order valence-corrected chi connectivity index (χ4v) is 3.00. The maximum atomic E-state index is 12.4. The molecule has 28 heavy (non-hydrogen) atoms. The van der Waals surface area contributed by atoms with E-state index >= 15 is 0 Å². The van der Waals surface area contributed by atoms with E-state index in [0.29, 0.717) is 24.3 Å². The molecule has 1 N–H and O–H groups in total. The van der Waals surface area contributed by atoms with Crippen LogP contribution in [0.1, 0.15) is 11.1 Å². The zero-order valence-corrected chi connectivity index (χ0v) is 15.1. The first-order valence-electron chi connectivity index (χ1n) is 8.86. The zero-order valence-electron chi connectivity index (χ0n) is 15.1. The van der Waals surface area contributed by atoms with Crippen molar-refractivity contribution in [2.75, 3.05) is 31.5 Å².